The lowest BCUT2D eigenvalue weighted by molar-refractivity contribution is -0.139. The largest absolute Gasteiger partial charge is 0.341 e. The van der Waals surface area contributed by atoms with E-state index in [0.717, 1.165) is 26.2 Å². The Morgan fingerprint density at radius 2 is 1.94 bits per heavy atom. The molecule has 4 heteroatoms. The normalized spacial score (nSPS) is 25.4. The van der Waals surface area contributed by atoms with E-state index in [-0.39, 0.29) is 5.54 Å². The van der Waals surface area contributed by atoms with E-state index in [1.54, 1.807) is 0 Å². The molecule has 18 heavy (non-hydrogen) atoms. The van der Waals surface area contributed by atoms with Gasteiger partial charge >= 0.3 is 0 Å². The first-order valence-corrected chi connectivity index (χ1v) is 7.39. The predicted octanol–water partition coefficient (Wildman–Crippen LogP) is 1.07. The quantitative estimate of drug-likeness (QED) is 0.814. The molecule has 0 bridgehead atoms. The van der Waals surface area contributed by atoms with Crippen molar-refractivity contribution in [2.75, 3.05) is 39.8 Å². The van der Waals surface area contributed by atoms with Crippen LogP contribution in [-0.2, 0) is 4.79 Å². The van der Waals surface area contributed by atoms with Crippen molar-refractivity contribution in [2.45, 2.75) is 44.6 Å². The number of likely N-dealkylation sites (N-methyl/N-ethyl adjacent to an activating group) is 2. The molecule has 4 nitrogen and oxygen atoms in total. The highest BCUT2D eigenvalue weighted by molar-refractivity contribution is 5.79. The van der Waals surface area contributed by atoms with Crippen LogP contribution in [-0.4, -0.2) is 61.0 Å². The van der Waals surface area contributed by atoms with Crippen LogP contribution in [0.5, 0.6) is 0 Å². The molecule has 1 amide bonds. The molecule has 1 heterocycles. The summed E-state index contributed by atoms with van der Waals surface area (Å²) in [6.07, 6.45) is 6.46. The highest BCUT2D eigenvalue weighted by Gasteiger charge is 2.40. The third kappa shape index (κ3) is 2.69. The summed E-state index contributed by atoms with van der Waals surface area (Å²) in [6, 6.07) is 0. The number of carbonyl (C=O) groups excluding carboxylic acids is 1. The number of hydrogen-bond acceptors (Lipinski definition) is 3. The molecule has 2 rings (SSSR count). The van der Waals surface area contributed by atoms with Crippen LogP contribution in [0.4, 0.5) is 0 Å². The first-order valence-electron chi connectivity index (χ1n) is 7.39. The van der Waals surface area contributed by atoms with Crippen LogP contribution in [0.3, 0.4) is 0 Å². The molecule has 1 aliphatic carbocycles. The van der Waals surface area contributed by atoms with E-state index in [4.69, 9.17) is 0 Å². The Balaban J connectivity index is 2.05. The summed E-state index contributed by atoms with van der Waals surface area (Å²) in [5, 5.41) is 3.35. The summed E-state index contributed by atoms with van der Waals surface area (Å²) in [6.45, 7) is 6.51. The fraction of sp³-hybridized carbons (Fsp3) is 0.929. The Labute approximate surface area is 111 Å². The first-order chi connectivity index (χ1) is 8.72. The maximum atomic E-state index is 12.1. The smallest absolute Gasteiger partial charge is 0.236 e. The molecule has 0 aromatic heterocycles. The molecule has 0 radical (unpaired) electrons. The molecule has 1 N–H and O–H groups in total. The summed E-state index contributed by atoms with van der Waals surface area (Å²) >= 11 is 0. The molecule has 2 fully saturated rings. The molecule has 1 saturated carbocycles. The van der Waals surface area contributed by atoms with Gasteiger partial charge in [0.1, 0.15) is 0 Å². The van der Waals surface area contributed by atoms with Crippen molar-refractivity contribution in [1.82, 2.24) is 15.1 Å². The lowest BCUT2D eigenvalue weighted by Crippen LogP contribution is -2.62. The van der Waals surface area contributed by atoms with Crippen molar-refractivity contribution in [2.24, 2.45) is 0 Å². The van der Waals surface area contributed by atoms with Gasteiger partial charge in [0.05, 0.1) is 6.54 Å². The monoisotopic (exact) mass is 253 g/mol. The van der Waals surface area contributed by atoms with E-state index in [0.29, 0.717) is 12.5 Å². The van der Waals surface area contributed by atoms with Gasteiger partial charge in [0, 0.05) is 31.7 Å². The van der Waals surface area contributed by atoms with Gasteiger partial charge < -0.3 is 10.2 Å². The molecule has 0 unspecified atom stereocenters. The molecule has 0 aromatic carbocycles. The van der Waals surface area contributed by atoms with E-state index in [1.807, 2.05) is 11.9 Å². The second-order valence-electron chi connectivity index (χ2n) is 5.71. The average Bonchev–Trinajstić information content (AvgIpc) is 2.40. The molecular formula is C14H27N3O. The maximum Gasteiger partial charge on any atom is 0.236 e. The van der Waals surface area contributed by atoms with Crippen molar-refractivity contribution in [3.8, 4) is 0 Å². The topological polar surface area (TPSA) is 35.6 Å². The summed E-state index contributed by atoms with van der Waals surface area (Å²) in [7, 11) is 2.03. The standard InChI is InChI=1S/C14H27N3O/c1-3-16-9-10-17(11-13(16)18)14(12-15-2)7-5-4-6-8-14/h15H,3-12H2,1-2H3. The minimum absolute atomic E-state index is 0.239. The first kappa shape index (κ1) is 13.8. The third-order valence-corrected chi connectivity index (χ3v) is 4.66. The van der Waals surface area contributed by atoms with Gasteiger partial charge in [0.25, 0.3) is 0 Å². The number of carbonyl (C=O) groups is 1. The van der Waals surface area contributed by atoms with E-state index < -0.39 is 0 Å². The second kappa shape index (κ2) is 6.02. The van der Waals surface area contributed by atoms with Gasteiger partial charge in [0.2, 0.25) is 5.91 Å². The van der Waals surface area contributed by atoms with Gasteiger partial charge in [0.15, 0.2) is 0 Å². The Morgan fingerprint density at radius 3 is 2.50 bits per heavy atom. The van der Waals surface area contributed by atoms with Gasteiger partial charge in [-0.15, -0.1) is 0 Å². The van der Waals surface area contributed by atoms with E-state index in [1.165, 1.54) is 32.1 Å². The van der Waals surface area contributed by atoms with E-state index in [9.17, 15) is 4.79 Å². The number of rotatable bonds is 4. The molecule has 1 saturated heterocycles. The van der Waals surface area contributed by atoms with E-state index in [2.05, 4.69) is 17.1 Å². The number of nitrogens with one attached hydrogen (secondary N) is 1. The molecule has 0 spiro atoms. The Bertz CT molecular complexity index is 281. The van der Waals surface area contributed by atoms with Crippen LogP contribution in [0, 0.1) is 0 Å². The Hall–Kier alpha value is -0.610. The van der Waals surface area contributed by atoms with Crippen LogP contribution in [0.15, 0.2) is 0 Å². The minimum atomic E-state index is 0.239. The molecule has 104 valence electrons. The Kier molecular flexibility index (Phi) is 4.62. The molecular weight excluding hydrogens is 226 g/mol. The van der Waals surface area contributed by atoms with Crippen LogP contribution >= 0.6 is 0 Å². The van der Waals surface area contributed by atoms with Crippen molar-refractivity contribution >= 4 is 5.91 Å². The molecule has 1 aliphatic heterocycles. The third-order valence-electron chi connectivity index (χ3n) is 4.66. The molecule has 0 aromatic rings. The van der Waals surface area contributed by atoms with E-state index >= 15 is 0 Å². The highest BCUT2D eigenvalue weighted by atomic mass is 16.2. The van der Waals surface area contributed by atoms with Crippen LogP contribution < -0.4 is 5.32 Å². The lowest BCUT2D eigenvalue weighted by atomic mass is 9.79. The molecule has 2 aliphatic rings. The van der Waals surface area contributed by atoms with Gasteiger partial charge in [-0.2, -0.15) is 0 Å². The summed E-state index contributed by atoms with van der Waals surface area (Å²) in [5.41, 5.74) is 0.239. The predicted molar refractivity (Wildman–Crippen MR) is 73.6 cm³/mol. The van der Waals surface area contributed by atoms with Crippen LogP contribution in [0.2, 0.25) is 0 Å². The fourth-order valence-corrected chi connectivity index (χ4v) is 3.59. The number of nitrogens with zero attached hydrogens (tertiary/aromatic N) is 2. The van der Waals surface area contributed by atoms with Crippen LogP contribution in [0.1, 0.15) is 39.0 Å². The maximum absolute atomic E-state index is 12.1. The number of piperazine rings is 1. The zero-order valence-corrected chi connectivity index (χ0v) is 11.9. The zero-order chi connectivity index (χ0) is 13.0. The van der Waals surface area contributed by atoms with Crippen molar-refractivity contribution < 1.29 is 4.79 Å². The summed E-state index contributed by atoms with van der Waals surface area (Å²) in [4.78, 5) is 16.5. The summed E-state index contributed by atoms with van der Waals surface area (Å²) in [5.74, 6) is 0.310. The second-order valence-corrected chi connectivity index (χ2v) is 5.71. The zero-order valence-electron chi connectivity index (χ0n) is 11.9. The van der Waals surface area contributed by atoms with Gasteiger partial charge in [-0.3, -0.25) is 9.69 Å². The summed E-state index contributed by atoms with van der Waals surface area (Å²) < 4.78 is 0. The number of amides is 1. The van der Waals surface area contributed by atoms with Crippen molar-refractivity contribution in [1.29, 1.82) is 0 Å². The SMILES string of the molecule is CCN1CCN(C2(CNC)CCCCC2)CC1=O. The fourth-order valence-electron chi connectivity index (χ4n) is 3.59. The average molecular weight is 253 g/mol. The lowest BCUT2D eigenvalue weighted by Gasteiger charge is -2.49. The Morgan fingerprint density at radius 1 is 1.22 bits per heavy atom. The van der Waals surface area contributed by atoms with Gasteiger partial charge in [-0.05, 0) is 26.8 Å². The number of hydrogen-bond donors (Lipinski definition) is 1. The minimum Gasteiger partial charge on any atom is -0.341 e. The van der Waals surface area contributed by atoms with Crippen molar-refractivity contribution in [3.63, 3.8) is 0 Å². The van der Waals surface area contributed by atoms with Crippen LogP contribution in [0.25, 0.3) is 0 Å². The van der Waals surface area contributed by atoms with Crippen molar-refractivity contribution in [3.05, 3.63) is 0 Å². The highest BCUT2D eigenvalue weighted by Crippen LogP contribution is 2.34. The molecule has 0 atom stereocenters. The van der Waals surface area contributed by atoms with Gasteiger partial charge in [-0.25, -0.2) is 0 Å². The van der Waals surface area contributed by atoms with Gasteiger partial charge in [-0.1, -0.05) is 19.3 Å².